The third kappa shape index (κ3) is 3.80. The Morgan fingerprint density at radius 3 is 2.74 bits per heavy atom. The lowest BCUT2D eigenvalue weighted by molar-refractivity contribution is 0.0939. The van der Waals surface area contributed by atoms with E-state index in [4.69, 9.17) is 20.9 Å². The van der Waals surface area contributed by atoms with Crippen LogP contribution in [-0.4, -0.2) is 18.2 Å². The molecule has 0 bridgehead atoms. The number of carbonyl (C=O) groups is 1. The van der Waals surface area contributed by atoms with Crippen molar-refractivity contribution in [3.05, 3.63) is 70.2 Å². The molecule has 0 aliphatic heterocycles. The molecule has 0 saturated heterocycles. The highest BCUT2D eigenvalue weighted by atomic mass is 35.5. The Kier molecular flexibility index (Phi) is 5.46. The van der Waals surface area contributed by atoms with Crippen LogP contribution in [0.25, 0.3) is 11.3 Å². The second-order valence-corrected chi connectivity index (χ2v) is 6.44. The number of carbonyl (C=O) groups excluding carboxylic acids is 1. The number of benzene rings is 2. The smallest absolute Gasteiger partial charge is 0.257 e. The van der Waals surface area contributed by atoms with Crippen LogP contribution in [0.4, 0.5) is 4.39 Å². The highest BCUT2D eigenvalue weighted by Gasteiger charge is 2.26. The molecule has 1 N–H and O–H groups in total. The molecule has 1 amide bonds. The first-order chi connectivity index (χ1) is 12.9. The van der Waals surface area contributed by atoms with Crippen molar-refractivity contribution >= 4 is 17.5 Å². The maximum Gasteiger partial charge on any atom is 0.257 e. The summed E-state index contributed by atoms with van der Waals surface area (Å²) in [6.45, 7) is 3.43. The van der Waals surface area contributed by atoms with Crippen molar-refractivity contribution in [1.82, 2.24) is 10.5 Å². The van der Waals surface area contributed by atoms with E-state index >= 15 is 0 Å². The fourth-order valence-corrected chi connectivity index (χ4v) is 3.05. The number of halogens is 2. The number of nitrogens with zero attached hydrogens (tertiary/aromatic N) is 1. The van der Waals surface area contributed by atoms with E-state index in [2.05, 4.69) is 10.5 Å². The number of aryl methyl sites for hydroxylation is 1. The van der Waals surface area contributed by atoms with Gasteiger partial charge in [-0.1, -0.05) is 35.0 Å². The van der Waals surface area contributed by atoms with Crippen LogP contribution < -0.4 is 10.1 Å². The molecule has 7 heteroatoms. The van der Waals surface area contributed by atoms with Crippen molar-refractivity contribution in [2.24, 2.45) is 0 Å². The highest BCUT2D eigenvalue weighted by Crippen LogP contribution is 2.33. The Morgan fingerprint density at radius 2 is 2.04 bits per heavy atom. The van der Waals surface area contributed by atoms with Crippen LogP contribution in [0.5, 0.6) is 5.75 Å². The van der Waals surface area contributed by atoms with Gasteiger partial charge in [0, 0.05) is 0 Å². The zero-order valence-corrected chi connectivity index (χ0v) is 15.8. The van der Waals surface area contributed by atoms with Gasteiger partial charge in [0.1, 0.15) is 28.6 Å². The Labute approximate surface area is 161 Å². The third-order valence-electron chi connectivity index (χ3n) is 4.23. The first-order valence-electron chi connectivity index (χ1n) is 8.27. The minimum Gasteiger partial charge on any atom is -0.497 e. The number of ether oxygens (including phenoxy) is 1. The van der Waals surface area contributed by atoms with Crippen LogP contribution in [0, 0.1) is 12.7 Å². The van der Waals surface area contributed by atoms with Gasteiger partial charge in [-0.2, -0.15) is 0 Å². The summed E-state index contributed by atoms with van der Waals surface area (Å²) in [4.78, 5) is 12.9. The lowest BCUT2D eigenvalue weighted by Gasteiger charge is -2.15. The van der Waals surface area contributed by atoms with Crippen LogP contribution in [0.3, 0.4) is 0 Å². The predicted molar refractivity (Wildman–Crippen MR) is 101 cm³/mol. The molecule has 0 aliphatic carbocycles. The van der Waals surface area contributed by atoms with E-state index in [1.807, 2.05) is 31.2 Å². The van der Waals surface area contributed by atoms with Gasteiger partial charge >= 0.3 is 0 Å². The second-order valence-electron chi connectivity index (χ2n) is 6.03. The second kappa shape index (κ2) is 7.80. The molecule has 0 radical (unpaired) electrons. The van der Waals surface area contributed by atoms with E-state index in [-0.39, 0.29) is 33.6 Å². The SMILES string of the molecule is COc1cccc([C@H](C)NC(=O)c2c(-c3c(F)cccc3Cl)noc2C)c1. The predicted octanol–water partition coefficient (Wildman–Crippen LogP) is 4.94. The van der Waals surface area contributed by atoms with Gasteiger partial charge in [-0.15, -0.1) is 0 Å². The quantitative estimate of drug-likeness (QED) is 0.672. The topological polar surface area (TPSA) is 64.4 Å². The maximum absolute atomic E-state index is 14.3. The molecular weight excluding hydrogens is 371 g/mol. The van der Waals surface area contributed by atoms with Gasteiger partial charge < -0.3 is 14.6 Å². The molecule has 27 heavy (non-hydrogen) atoms. The maximum atomic E-state index is 14.3. The zero-order chi connectivity index (χ0) is 19.6. The fraction of sp³-hybridized carbons (Fsp3) is 0.200. The van der Waals surface area contributed by atoms with Crippen molar-refractivity contribution in [2.75, 3.05) is 7.11 Å². The number of nitrogens with one attached hydrogen (secondary N) is 1. The Balaban J connectivity index is 1.93. The number of amides is 1. The third-order valence-corrected chi connectivity index (χ3v) is 4.55. The van der Waals surface area contributed by atoms with Gasteiger partial charge in [0.25, 0.3) is 5.91 Å². The first kappa shape index (κ1) is 18.9. The van der Waals surface area contributed by atoms with Crippen LogP contribution >= 0.6 is 11.6 Å². The van der Waals surface area contributed by atoms with Crippen molar-refractivity contribution in [2.45, 2.75) is 19.9 Å². The number of hydrogen-bond acceptors (Lipinski definition) is 4. The van der Waals surface area contributed by atoms with Gasteiger partial charge in [-0.25, -0.2) is 4.39 Å². The normalized spacial score (nSPS) is 11.9. The van der Waals surface area contributed by atoms with E-state index in [9.17, 15) is 9.18 Å². The molecule has 0 aliphatic rings. The first-order valence-corrected chi connectivity index (χ1v) is 8.65. The number of hydrogen-bond donors (Lipinski definition) is 1. The summed E-state index contributed by atoms with van der Waals surface area (Å²) >= 11 is 6.12. The number of rotatable bonds is 5. The summed E-state index contributed by atoms with van der Waals surface area (Å²) in [5.74, 6) is -0.0441. The Morgan fingerprint density at radius 1 is 1.30 bits per heavy atom. The molecule has 1 aromatic heterocycles. The summed E-state index contributed by atoms with van der Waals surface area (Å²) in [5.41, 5.74) is 1.13. The van der Waals surface area contributed by atoms with Crippen molar-refractivity contribution < 1.29 is 18.4 Å². The molecule has 0 fully saturated rings. The van der Waals surface area contributed by atoms with Crippen LogP contribution in [0.2, 0.25) is 5.02 Å². The Bertz CT molecular complexity index is 967. The summed E-state index contributed by atoms with van der Waals surface area (Å²) in [7, 11) is 1.58. The van der Waals surface area contributed by atoms with Gasteiger partial charge in [0.05, 0.1) is 23.7 Å². The average Bonchev–Trinajstić information content (AvgIpc) is 3.03. The monoisotopic (exact) mass is 388 g/mol. The van der Waals surface area contributed by atoms with Crippen molar-refractivity contribution in [3.63, 3.8) is 0 Å². The molecule has 3 rings (SSSR count). The molecule has 0 spiro atoms. The number of methoxy groups -OCH3 is 1. The van der Waals surface area contributed by atoms with Gasteiger partial charge in [0.15, 0.2) is 0 Å². The van der Waals surface area contributed by atoms with Crippen LogP contribution in [0.15, 0.2) is 47.0 Å². The fourth-order valence-electron chi connectivity index (χ4n) is 2.80. The standard InChI is InChI=1S/C20H18ClFN2O3/c1-11(13-6-4-7-14(10-13)26-3)23-20(25)17-12(2)27-24-19(17)18-15(21)8-5-9-16(18)22/h4-11H,1-3H3,(H,23,25)/t11-/m0/s1. The lowest BCUT2D eigenvalue weighted by Crippen LogP contribution is -2.27. The molecule has 0 saturated carbocycles. The van der Waals surface area contributed by atoms with E-state index in [0.29, 0.717) is 5.75 Å². The van der Waals surface area contributed by atoms with E-state index < -0.39 is 11.7 Å². The molecule has 1 heterocycles. The summed E-state index contributed by atoms with van der Waals surface area (Å²) < 4.78 is 24.6. The summed E-state index contributed by atoms with van der Waals surface area (Å²) in [6, 6.07) is 11.3. The molecule has 2 aromatic carbocycles. The minimum atomic E-state index is -0.578. The number of aromatic nitrogens is 1. The van der Waals surface area contributed by atoms with E-state index in [1.165, 1.54) is 18.2 Å². The van der Waals surface area contributed by atoms with E-state index in [0.717, 1.165) is 5.56 Å². The molecular formula is C20H18ClFN2O3. The average molecular weight is 389 g/mol. The van der Waals surface area contributed by atoms with Crippen molar-refractivity contribution in [1.29, 1.82) is 0 Å². The van der Waals surface area contributed by atoms with Gasteiger partial charge in [-0.05, 0) is 43.7 Å². The summed E-state index contributed by atoms with van der Waals surface area (Å²) in [5, 5.41) is 6.89. The Hall–Kier alpha value is -2.86. The highest BCUT2D eigenvalue weighted by molar-refractivity contribution is 6.33. The molecule has 5 nitrogen and oxygen atoms in total. The molecule has 1 atom stereocenters. The van der Waals surface area contributed by atoms with Gasteiger partial charge in [0.2, 0.25) is 0 Å². The van der Waals surface area contributed by atoms with E-state index in [1.54, 1.807) is 14.0 Å². The van der Waals surface area contributed by atoms with Crippen molar-refractivity contribution in [3.8, 4) is 17.0 Å². The van der Waals surface area contributed by atoms with Gasteiger partial charge in [-0.3, -0.25) is 4.79 Å². The molecule has 3 aromatic rings. The molecule has 140 valence electrons. The zero-order valence-electron chi connectivity index (χ0n) is 15.0. The van der Waals surface area contributed by atoms with Crippen LogP contribution in [-0.2, 0) is 0 Å². The molecule has 0 unspecified atom stereocenters. The summed E-state index contributed by atoms with van der Waals surface area (Å²) in [6.07, 6.45) is 0. The lowest BCUT2D eigenvalue weighted by atomic mass is 10.0. The largest absolute Gasteiger partial charge is 0.497 e. The van der Waals surface area contributed by atoms with Crippen LogP contribution in [0.1, 0.15) is 34.6 Å². The minimum absolute atomic E-state index is 0.0372.